The Balaban J connectivity index is 1.76. The summed E-state index contributed by atoms with van der Waals surface area (Å²) in [5.74, 6) is 0.146. The van der Waals surface area contributed by atoms with Crippen LogP contribution in [-0.2, 0) is 11.3 Å². The van der Waals surface area contributed by atoms with E-state index in [1.54, 1.807) is 47.4 Å². The van der Waals surface area contributed by atoms with Crippen LogP contribution in [-0.4, -0.2) is 34.2 Å². The van der Waals surface area contributed by atoms with Gasteiger partial charge in [-0.25, -0.2) is 0 Å². The maximum atomic E-state index is 13.3. The van der Waals surface area contributed by atoms with Crippen molar-refractivity contribution in [2.24, 2.45) is 5.92 Å². The quantitative estimate of drug-likeness (QED) is 0.484. The lowest BCUT2D eigenvalue weighted by atomic mass is 9.99. The van der Waals surface area contributed by atoms with E-state index in [-0.39, 0.29) is 23.8 Å². The summed E-state index contributed by atoms with van der Waals surface area (Å²) in [5.41, 5.74) is 0.836. The number of piperidine rings is 1. The normalized spacial score (nSPS) is 15.7. The predicted molar refractivity (Wildman–Crippen MR) is 138 cm³/mol. The first-order valence-corrected chi connectivity index (χ1v) is 12.6. The number of halogens is 2. The van der Waals surface area contributed by atoms with E-state index in [4.69, 9.17) is 23.2 Å². The lowest BCUT2D eigenvalue weighted by Gasteiger charge is -2.30. The number of hydrogen-bond acceptors (Lipinski definition) is 4. The summed E-state index contributed by atoms with van der Waals surface area (Å²) in [5, 5.41) is 0.933. The van der Waals surface area contributed by atoms with Crippen molar-refractivity contribution in [1.82, 2.24) is 9.47 Å². The van der Waals surface area contributed by atoms with Gasteiger partial charge in [0, 0.05) is 29.8 Å². The van der Waals surface area contributed by atoms with Crippen molar-refractivity contribution in [3.63, 3.8) is 0 Å². The van der Waals surface area contributed by atoms with Gasteiger partial charge in [0.1, 0.15) is 11.2 Å². The van der Waals surface area contributed by atoms with Crippen molar-refractivity contribution in [2.75, 3.05) is 13.1 Å². The molecule has 1 aromatic heterocycles. The number of nitrogens with zero attached hydrogens (tertiary/aromatic N) is 2. The first-order valence-electron chi connectivity index (χ1n) is 11.1. The number of aromatic nitrogens is 1. The van der Waals surface area contributed by atoms with Gasteiger partial charge in [-0.15, -0.1) is 11.3 Å². The van der Waals surface area contributed by atoms with Crippen molar-refractivity contribution in [3.05, 3.63) is 89.3 Å². The molecule has 1 amide bonds. The zero-order chi connectivity index (χ0) is 24.2. The number of amides is 1. The van der Waals surface area contributed by atoms with Crippen molar-refractivity contribution in [2.45, 2.75) is 26.3 Å². The molecule has 2 heterocycles. The molecule has 0 aliphatic carbocycles. The number of ketones is 1. The summed E-state index contributed by atoms with van der Waals surface area (Å²) in [4.78, 5) is 41.1. The van der Waals surface area contributed by atoms with Crippen LogP contribution in [0.5, 0.6) is 0 Å². The Kier molecular flexibility index (Phi) is 7.71. The van der Waals surface area contributed by atoms with E-state index in [1.165, 1.54) is 22.0 Å². The van der Waals surface area contributed by atoms with E-state index in [1.807, 2.05) is 12.1 Å². The summed E-state index contributed by atoms with van der Waals surface area (Å²) in [6.45, 7) is 3.43. The molecule has 5 nitrogen and oxygen atoms in total. The molecule has 176 valence electrons. The fourth-order valence-electron chi connectivity index (χ4n) is 3.85. The Morgan fingerprint density at radius 2 is 1.74 bits per heavy atom. The van der Waals surface area contributed by atoms with E-state index in [0.29, 0.717) is 43.8 Å². The van der Waals surface area contributed by atoms with Crippen LogP contribution in [0.2, 0.25) is 10.0 Å². The summed E-state index contributed by atoms with van der Waals surface area (Å²) >= 11 is 13.3. The number of Topliss-reactive ketones (excluding diaryl/α,β-unsaturated/α-hetero) is 1. The lowest BCUT2D eigenvalue weighted by Crippen LogP contribution is -2.43. The number of carbonyl (C=O) groups excluding carboxylic acids is 2. The van der Waals surface area contributed by atoms with E-state index >= 15 is 0 Å². The van der Waals surface area contributed by atoms with Crippen molar-refractivity contribution >= 4 is 58.4 Å². The lowest BCUT2D eigenvalue weighted by molar-refractivity contribution is -0.133. The fourth-order valence-corrected chi connectivity index (χ4v) is 5.24. The molecule has 0 bridgehead atoms. The van der Waals surface area contributed by atoms with Gasteiger partial charge in [0.15, 0.2) is 5.78 Å². The SMILES string of the molecule is CC1CCN(C(=O)Cn2c(=CC(=O)c3ccccc3Cl)sc(=Cc3ccc(Cl)cc3)c2=O)CC1. The number of likely N-dealkylation sites (tertiary alicyclic amines) is 1. The second-order valence-electron chi connectivity index (χ2n) is 8.44. The van der Waals surface area contributed by atoms with Gasteiger partial charge in [0.25, 0.3) is 5.56 Å². The Morgan fingerprint density at radius 3 is 2.41 bits per heavy atom. The molecule has 1 aliphatic heterocycles. The minimum absolute atomic E-state index is 0.111. The Hall–Kier alpha value is -2.67. The highest BCUT2D eigenvalue weighted by Gasteiger charge is 2.21. The minimum atomic E-state index is -0.321. The van der Waals surface area contributed by atoms with E-state index in [9.17, 15) is 14.4 Å². The van der Waals surface area contributed by atoms with Crippen LogP contribution < -0.4 is 14.8 Å². The predicted octanol–water partition coefficient (Wildman–Crippen LogP) is 3.97. The Morgan fingerprint density at radius 1 is 1.06 bits per heavy atom. The third kappa shape index (κ3) is 5.69. The third-order valence-corrected chi connectivity index (χ3v) is 7.57. The molecule has 0 unspecified atom stereocenters. The molecule has 3 aromatic rings. The maximum absolute atomic E-state index is 13.3. The third-order valence-electron chi connectivity index (χ3n) is 5.93. The number of benzene rings is 2. The molecule has 0 atom stereocenters. The minimum Gasteiger partial charge on any atom is -0.341 e. The Labute approximate surface area is 211 Å². The molecule has 8 heteroatoms. The van der Waals surface area contributed by atoms with Crippen LogP contribution in [0.25, 0.3) is 12.2 Å². The van der Waals surface area contributed by atoms with Crippen LogP contribution in [0.3, 0.4) is 0 Å². The van der Waals surface area contributed by atoms with Gasteiger partial charge in [-0.05, 0) is 54.7 Å². The standard InChI is InChI=1S/C26H24Cl2N2O3S/c1-17-10-12-29(13-11-17)24(32)16-30-25(15-22(31)20-4-2-3-5-21(20)28)34-23(26(30)33)14-18-6-8-19(27)9-7-18/h2-9,14-15,17H,10-13,16H2,1H3. The number of carbonyl (C=O) groups is 2. The molecule has 1 fully saturated rings. The number of hydrogen-bond donors (Lipinski definition) is 0. The molecule has 0 N–H and O–H groups in total. The van der Waals surface area contributed by atoms with E-state index in [2.05, 4.69) is 6.92 Å². The van der Waals surface area contributed by atoms with Crippen LogP contribution >= 0.6 is 34.5 Å². The van der Waals surface area contributed by atoms with Crippen molar-refractivity contribution in [1.29, 1.82) is 0 Å². The number of rotatable bonds is 5. The zero-order valence-electron chi connectivity index (χ0n) is 18.7. The van der Waals surface area contributed by atoms with Gasteiger partial charge < -0.3 is 4.90 Å². The first-order chi connectivity index (χ1) is 16.3. The van der Waals surface area contributed by atoms with Crippen LogP contribution in [0.4, 0.5) is 0 Å². The Bertz CT molecular complexity index is 1380. The molecule has 2 aromatic carbocycles. The fraction of sp³-hybridized carbons (Fsp3) is 0.269. The second-order valence-corrected chi connectivity index (χ2v) is 10.3. The zero-order valence-corrected chi connectivity index (χ0v) is 21.0. The smallest absolute Gasteiger partial charge is 0.269 e. The summed E-state index contributed by atoms with van der Waals surface area (Å²) in [7, 11) is 0. The van der Waals surface area contributed by atoms with Crippen molar-refractivity contribution < 1.29 is 9.59 Å². The van der Waals surface area contributed by atoms with Gasteiger partial charge in [-0.1, -0.05) is 54.4 Å². The number of thiazole rings is 1. The average Bonchev–Trinajstić information content (AvgIpc) is 3.10. The topological polar surface area (TPSA) is 59.4 Å². The van der Waals surface area contributed by atoms with E-state index < -0.39 is 0 Å². The molecule has 1 aliphatic rings. The van der Waals surface area contributed by atoms with E-state index in [0.717, 1.165) is 18.4 Å². The highest BCUT2D eigenvalue weighted by atomic mass is 35.5. The molecular formula is C26H24Cl2N2O3S. The van der Waals surface area contributed by atoms with Crippen LogP contribution in [0.15, 0.2) is 53.3 Å². The highest BCUT2D eigenvalue weighted by Crippen LogP contribution is 2.17. The van der Waals surface area contributed by atoms with Gasteiger partial charge in [0.2, 0.25) is 5.91 Å². The monoisotopic (exact) mass is 514 g/mol. The second kappa shape index (κ2) is 10.7. The molecule has 0 radical (unpaired) electrons. The molecule has 34 heavy (non-hydrogen) atoms. The highest BCUT2D eigenvalue weighted by molar-refractivity contribution is 7.07. The van der Waals surface area contributed by atoms with Gasteiger partial charge in [-0.2, -0.15) is 0 Å². The van der Waals surface area contributed by atoms with Gasteiger partial charge >= 0.3 is 0 Å². The average molecular weight is 515 g/mol. The van der Waals surface area contributed by atoms with Crippen molar-refractivity contribution in [3.8, 4) is 0 Å². The molecule has 0 saturated carbocycles. The van der Waals surface area contributed by atoms with Gasteiger partial charge in [-0.3, -0.25) is 19.0 Å². The summed E-state index contributed by atoms with van der Waals surface area (Å²) in [6.07, 6.45) is 5.02. The van der Waals surface area contributed by atoms with Crippen LogP contribution in [0, 0.1) is 5.92 Å². The van der Waals surface area contributed by atoms with Gasteiger partial charge in [0.05, 0.1) is 9.55 Å². The largest absolute Gasteiger partial charge is 0.341 e. The summed E-state index contributed by atoms with van der Waals surface area (Å²) in [6, 6.07) is 13.9. The maximum Gasteiger partial charge on any atom is 0.269 e. The first kappa shape index (κ1) is 24.5. The molecule has 4 rings (SSSR count). The molecule has 0 spiro atoms. The summed E-state index contributed by atoms with van der Waals surface area (Å²) < 4.78 is 2.23. The van der Waals surface area contributed by atoms with Crippen LogP contribution in [0.1, 0.15) is 35.7 Å². The molecule has 1 saturated heterocycles. The molecular weight excluding hydrogens is 491 g/mol.